The highest BCUT2D eigenvalue weighted by atomic mass is 16.5. The number of methoxy groups -OCH3 is 1. The number of esters is 2. The van der Waals surface area contributed by atoms with Gasteiger partial charge in [0.05, 0.1) is 26.2 Å². The number of nitriles is 1. The van der Waals surface area contributed by atoms with Crippen LogP contribution in [0.5, 0.6) is 0 Å². The van der Waals surface area contributed by atoms with E-state index in [1.165, 1.54) is 7.11 Å². The molecule has 1 heterocycles. The number of rotatable bonds is 5. The van der Waals surface area contributed by atoms with E-state index in [1.807, 2.05) is 60.7 Å². The highest BCUT2D eigenvalue weighted by Gasteiger charge is 2.36. The summed E-state index contributed by atoms with van der Waals surface area (Å²) in [5, 5.41) is 12.9. The van der Waals surface area contributed by atoms with Gasteiger partial charge in [0.25, 0.3) is 0 Å². The van der Waals surface area contributed by atoms with E-state index in [0.29, 0.717) is 5.69 Å². The van der Waals surface area contributed by atoms with Crippen LogP contribution in [0.15, 0.2) is 66.0 Å². The van der Waals surface area contributed by atoms with Gasteiger partial charge in [-0.05, 0) is 30.7 Å². The minimum Gasteiger partial charge on any atom is -0.469 e. The van der Waals surface area contributed by atoms with Crippen LogP contribution in [-0.4, -0.2) is 25.7 Å². The summed E-state index contributed by atoms with van der Waals surface area (Å²) in [6.07, 6.45) is 0.0368. The van der Waals surface area contributed by atoms with Crippen molar-refractivity contribution in [3.63, 3.8) is 0 Å². The summed E-state index contributed by atoms with van der Waals surface area (Å²) >= 11 is 0. The van der Waals surface area contributed by atoms with Crippen LogP contribution in [-0.2, 0) is 19.1 Å². The summed E-state index contributed by atoms with van der Waals surface area (Å²) in [7, 11) is 1.33. The number of fused-ring (bicyclic) bond motifs is 1. The zero-order chi connectivity index (χ0) is 20.8. The Hall–Kier alpha value is -3.79. The molecule has 2 aromatic carbocycles. The monoisotopic (exact) mass is 391 g/mol. The first kappa shape index (κ1) is 20.0. The molecule has 148 valence electrons. The third-order valence-corrected chi connectivity index (χ3v) is 4.58. The van der Waals surface area contributed by atoms with E-state index in [9.17, 15) is 14.9 Å². The van der Waals surface area contributed by atoms with Gasteiger partial charge in [-0.1, -0.05) is 36.4 Å². The fourth-order valence-corrected chi connectivity index (χ4v) is 3.31. The van der Waals surface area contributed by atoms with Gasteiger partial charge in [0.1, 0.15) is 11.9 Å². The number of hydrogen-bond donors (Lipinski definition) is 1. The number of carbonyl (C=O) groups excluding carboxylic acids is 2. The van der Waals surface area contributed by atoms with Crippen LogP contribution in [0.1, 0.15) is 24.9 Å². The van der Waals surface area contributed by atoms with E-state index in [2.05, 4.69) is 5.32 Å². The first-order valence-electron chi connectivity index (χ1n) is 9.19. The van der Waals surface area contributed by atoms with Crippen LogP contribution in [0.2, 0.25) is 0 Å². The molecular formula is C22H21N3O4. The summed E-state index contributed by atoms with van der Waals surface area (Å²) in [5.41, 5.74) is 2.11. The maximum absolute atomic E-state index is 12.5. The number of ether oxygens (including phenoxy) is 2. The van der Waals surface area contributed by atoms with Crippen LogP contribution >= 0.6 is 0 Å². The largest absolute Gasteiger partial charge is 0.469 e. The highest BCUT2D eigenvalue weighted by Crippen LogP contribution is 2.42. The minimum atomic E-state index is -0.727. The number of carbonyl (C=O) groups is 2. The number of benzene rings is 2. The minimum absolute atomic E-state index is 0.0368. The molecule has 1 aliphatic heterocycles. The molecule has 1 N–H and O–H groups in total. The molecule has 1 unspecified atom stereocenters. The van der Waals surface area contributed by atoms with Gasteiger partial charge >= 0.3 is 11.9 Å². The summed E-state index contributed by atoms with van der Waals surface area (Å²) in [6.45, 7) is 1.82. The van der Waals surface area contributed by atoms with Gasteiger partial charge in [-0.2, -0.15) is 5.26 Å². The van der Waals surface area contributed by atoms with Crippen LogP contribution in [0, 0.1) is 11.3 Å². The molecule has 2 aromatic rings. The van der Waals surface area contributed by atoms with Crippen molar-refractivity contribution >= 4 is 23.3 Å². The molecule has 0 bridgehead atoms. The molecule has 7 heteroatoms. The molecular weight excluding hydrogens is 370 g/mol. The fourth-order valence-electron chi connectivity index (χ4n) is 3.31. The Morgan fingerprint density at radius 3 is 2.48 bits per heavy atom. The van der Waals surface area contributed by atoms with Crippen molar-refractivity contribution in [3.8, 4) is 6.07 Å². The third kappa shape index (κ3) is 4.06. The molecule has 1 aliphatic rings. The van der Waals surface area contributed by atoms with Gasteiger partial charge in [-0.3, -0.25) is 4.79 Å². The summed E-state index contributed by atoms with van der Waals surface area (Å²) in [6, 6.07) is 18.2. The number of hydrogen-bond acceptors (Lipinski definition) is 7. The smallest absolute Gasteiger partial charge is 0.352 e. The molecule has 3 rings (SSSR count). The van der Waals surface area contributed by atoms with Gasteiger partial charge in [-0.15, -0.1) is 0 Å². The van der Waals surface area contributed by atoms with Crippen LogP contribution in [0.3, 0.4) is 0 Å². The maximum atomic E-state index is 12.5. The molecule has 0 aliphatic carbocycles. The highest BCUT2D eigenvalue weighted by molar-refractivity contribution is 5.96. The zero-order valence-electron chi connectivity index (χ0n) is 16.2. The Morgan fingerprint density at radius 2 is 1.83 bits per heavy atom. The second-order valence-corrected chi connectivity index (χ2v) is 6.27. The van der Waals surface area contributed by atoms with Crippen LogP contribution < -0.4 is 10.2 Å². The van der Waals surface area contributed by atoms with E-state index in [4.69, 9.17) is 9.47 Å². The van der Waals surface area contributed by atoms with Crippen molar-refractivity contribution in [3.05, 3.63) is 71.6 Å². The normalized spacial score (nSPS) is 16.7. The number of anilines is 2. The molecule has 0 aromatic heterocycles. The Kier molecular flexibility index (Phi) is 6.15. The molecule has 0 radical (unpaired) electrons. The van der Waals surface area contributed by atoms with Gasteiger partial charge in [0.2, 0.25) is 0 Å². The van der Waals surface area contributed by atoms with Gasteiger partial charge in [0, 0.05) is 11.4 Å². The molecule has 1 atom stereocenters. The Bertz CT molecular complexity index is 979. The molecule has 0 amide bonds. The lowest BCUT2D eigenvalue weighted by molar-refractivity contribution is -0.141. The van der Waals surface area contributed by atoms with Crippen molar-refractivity contribution in [1.82, 2.24) is 0 Å². The zero-order valence-corrected chi connectivity index (χ0v) is 16.2. The SMILES string of the molecule is CCOC(=O)C(C#N)=C1Nc2ccccc2C(CC(=O)OC)N1c1ccccc1. The molecule has 29 heavy (non-hydrogen) atoms. The quantitative estimate of drug-likeness (QED) is 0.474. The predicted octanol–water partition coefficient (Wildman–Crippen LogP) is 3.52. The van der Waals surface area contributed by atoms with E-state index >= 15 is 0 Å². The molecule has 0 spiro atoms. The lowest BCUT2D eigenvalue weighted by Gasteiger charge is -2.41. The number of nitrogens with zero attached hydrogens (tertiary/aromatic N) is 2. The Labute approximate surface area is 169 Å². The van der Waals surface area contributed by atoms with Gasteiger partial charge < -0.3 is 19.7 Å². The second-order valence-electron chi connectivity index (χ2n) is 6.27. The maximum Gasteiger partial charge on any atom is 0.352 e. The van der Waals surface area contributed by atoms with Crippen molar-refractivity contribution in [2.45, 2.75) is 19.4 Å². The Morgan fingerprint density at radius 1 is 1.14 bits per heavy atom. The molecule has 0 saturated heterocycles. The molecule has 0 fully saturated rings. The average molecular weight is 391 g/mol. The van der Waals surface area contributed by atoms with E-state index in [1.54, 1.807) is 11.8 Å². The Balaban J connectivity index is 2.25. The van der Waals surface area contributed by atoms with Crippen molar-refractivity contribution in [2.75, 3.05) is 23.9 Å². The summed E-state index contributed by atoms with van der Waals surface area (Å²) in [5.74, 6) is -0.860. The fraction of sp³-hybridized carbons (Fsp3) is 0.227. The van der Waals surface area contributed by atoms with Crippen LogP contribution in [0.25, 0.3) is 0 Å². The van der Waals surface area contributed by atoms with E-state index in [-0.39, 0.29) is 24.4 Å². The molecule has 0 saturated carbocycles. The predicted molar refractivity (Wildman–Crippen MR) is 108 cm³/mol. The first-order valence-corrected chi connectivity index (χ1v) is 9.19. The van der Waals surface area contributed by atoms with Gasteiger partial charge in [-0.25, -0.2) is 4.79 Å². The van der Waals surface area contributed by atoms with E-state index in [0.717, 1.165) is 11.3 Å². The number of nitrogens with one attached hydrogen (secondary N) is 1. The van der Waals surface area contributed by atoms with Gasteiger partial charge in [0.15, 0.2) is 5.57 Å². The molecule has 7 nitrogen and oxygen atoms in total. The third-order valence-electron chi connectivity index (χ3n) is 4.58. The van der Waals surface area contributed by atoms with E-state index < -0.39 is 18.0 Å². The van der Waals surface area contributed by atoms with Crippen molar-refractivity contribution in [2.24, 2.45) is 0 Å². The standard InChI is InChI=1S/C22H21N3O4/c1-3-29-22(27)17(14-23)21-24-18-12-8-7-11-16(18)19(13-20(26)28-2)25(21)15-9-5-4-6-10-15/h4-12,19,24H,3,13H2,1-2H3. The van der Waals surface area contributed by atoms with Crippen LogP contribution in [0.4, 0.5) is 11.4 Å². The average Bonchev–Trinajstić information content (AvgIpc) is 2.75. The number of para-hydroxylation sites is 2. The lowest BCUT2D eigenvalue weighted by Crippen LogP contribution is -2.39. The second kappa shape index (κ2) is 8.93. The summed E-state index contributed by atoms with van der Waals surface area (Å²) in [4.78, 5) is 26.5. The van der Waals surface area contributed by atoms with Crippen molar-refractivity contribution in [1.29, 1.82) is 5.26 Å². The first-order chi connectivity index (χ1) is 14.1. The topological polar surface area (TPSA) is 91.7 Å². The van der Waals surface area contributed by atoms with Crippen molar-refractivity contribution < 1.29 is 19.1 Å². The lowest BCUT2D eigenvalue weighted by atomic mass is 9.95. The summed E-state index contributed by atoms with van der Waals surface area (Å²) < 4.78 is 9.98.